The summed E-state index contributed by atoms with van der Waals surface area (Å²) in [7, 11) is -3.72. The van der Waals surface area contributed by atoms with Crippen LogP contribution in [0.4, 0.5) is 5.69 Å². The molecule has 5 nitrogen and oxygen atoms in total. The van der Waals surface area contributed by atoms with Crippen molar-refractivity contribution in [2.75, 3.05) is 4.72 Å². The summed E-state index contributed by atoms with van der Waals surface area (Å²) in [6.45, 7) is 1.83. The lowest BCUT2D eigenvalue weighted by molar-refractivity contribution is -0.136. The summed E-state index contributed by atoms with van der Waals surface area (Å²) in [4.78, 5) is 10.6. The number of aryl methyl sites for hydroxylation is 2. The average Bonchev–Trinajstić information content (AvgIpc) is 2.49. The molecular formula is C16H16ClNO4S. The predicted molar refractivity (Wildman–Crippen MR) is 89.4 cm³/mol. The third-order valence-corrected chi connectivity index (χ3v) is 5.09. The third kappa shape index (κ3) is 4.71. The van der Waals surface area contributed by atoms with Crippen LogP contribution < -0.4 is 4.72 Å². The molecule has 2 aromatic carbocycles. The van der Waals surface area contributed by atoms with E-state index < -0.39 is 16.0 Å². The van der Waals surface area contributed by atoms with Gasteiger partial charge < -0.3 is 5.11 Å². The highest BCUT2D eigenvalue weighted by Gasteiger charge is 2.14. The Balaban J connectivity index is 2.15. The van der Waals surface area contributed by atoms with Gasteiger partial charge in [0, 0.05) is 11.4 Å². The first-order chi connectivity index (χ1) is 10.8. The Morgan fingerprint density at radius 2 is 1.83 bits per heavy atom. The number of nitrogens with one attached hydrogen (secondary N) is 1. The molecule has 0 spiro atoms. The molecule has 0 saturated carbocycles. The van der Waals surface area contributed by atoms with Crippen molar-refractivity contribution in [3.63, 3.8) is 0 Å². The number of halogens is 1. The minimum Gasteiger partial charge on any atom is -0.481 e. The Kier molecular flexibility index (Phi) is 5.28. The smallest absolute Gasteiger partial charge is 0.303 e. The number of hydrogen-bond donors (Lipinski definition) is 2. The van der Waals surface area contributed by atoms with E-state index in [1.807, 2.05) is 6.92 Å². The largest absolute Gasteiger partial charge is 0.481 e. The van der Waals surface area contributed by atoms with Crippen LogP contribution in [-0.2, 0) is 21.2 Å². The molecule has 0 unspecified atom stereocenters. The number of anilines is 1. The summed E-state index contributed by atoms with van der Waals surface area (Å²) in [5.74, 6) is -0.889. The fourth-order valence-electron chi connectivity index (χ4n) is 1.96. The van der Waals surface area contributed by atoms with Crippen LogP contribution >= 0.6 is 11.6 Å². The lowest BCUT2D eigenvalue weighted by Gasteiger charge is -2.10. The molecule has 0 aliphatic rings. The van der Waals surface area contributed by atoms with Crippen molar-refractivity contribution in [2.24, 2.45) is 0 Å². The number of carbonyl (C=O) groups is 1. The van der Waals surface area contributed by atoms with Crippen molar-refractivity contribution in [1.29, 1.82) is 0 Å². The Bertz CT molecular complexity index is 816. The predicted octanol–water partition coefficient (Wildman–Crippen LogP) is 3.47. The summed E-state index contributed by atoms with van der Waals surface area (Å²) in [5, 5.41) is 9.13. The zero-order valence-corrected chi connectivity index (χ0v) is 14.0. The van der Waals surface area contributed by atoms with E-state index in [0.29, 0.717) is 17.1 Å². The van der Waals surface area contributed by atoms with Gasteiger partial charge in [-0.05, 0) is 48.7 Å². The minimum atomic E-state index is -3.72. The van der Waals surface area contributed by atoms with Gasteiger partial charge in [-0.2, -0.15) is 0 Å². The van der Waals surface area contributed by atoms with E-state index in [4.69, 9.17) is 16.7 Å². The second kappa shape index (κ2) is 7.02. The first-order valence-corrected chi connectivity index (χ1v) is 8.74. The first-order valence-electron chi connectivity index (χ1n) is 6.87. The quantitative estimate of drug-likeness (QED) is 0.832. The maximum Gasteiger partial charge on any atom is 0.303 e. The van der Waals surface area contributed by atoms with Crippen LogP contribution in [0.15, 0.2) is 47.4 Å². The maximum atomic E-state index is 12.3. The summed E-state index contributed by atoms with van der Waals surface area (Å²) in [6.07, 6.45) is 0.364. The lowest BCUT2D eigenvalue weighted by atomic mass is 10.1. The number of aliphatic carboxylic acids is 1. The zero-order valence-electron chi connectivity index (χ0n) is 12.4. The Hall–Kier alpha value is -2.05. The molecule has 0 saturated heterocycles. The fourth-order valence-corrected chi connectivity index (χ4v) is 3.19. The highest BCUT2D eigenvalue weighted by atomic mass is 35.5. The number of benzene rings is 2. The van der Waals surface area contributed by atoms with Crippen molar-refractivity contribution in [2.45, 2.75) is 24.7 Å². The molecule has 2 N–H and O–H groups in total. The van der Waals surface area contributed by atoms with Crippen LogP contribution in [0.2, 0.25) is 5.02 Å². The van der Waals surface area contributed by atoms with E-state index in [9.17, 15) is 13.2 Å². The molecule has 2 rings (SSSR count). The third-order valence-electron chi connectivity index (χ3n) is 3.29. The molecule has 0 heterocycles. The highest BCUT2D eigenvalue weighted by Crippen LogP contribution is 2.22. The van der Waals surface area contributed by atoms with E-state index in [2.05, 4.69) is 4.72 Å². The van der Waals surface area contributed by atoms with E-state index in [1.54, 1.807) is 30.3 Å². The molecule has 2 aromatic rings. The maximum absolute atomic E-state index is 12.3. The van der Waals surface area contributed by atoms with Gasteiger partial charge in [-0.15, -0.1) is 0 Å². The molecule has 0 atom stereocenters. The van der Waals surface area contributed by atoms with Gasteiger partial charge in [-0.25, -0.2) is 8.42 Å². The molecule has 0 amide bonds. The number of rotatable bonds is 6. The molecule has 0 aliphatic heterocycles. The normalized spacial score (nSPS) is 11.2. The molecule has 0 aliphatic carbocycles. The van der Waals surface area contributed by atoms with Crippen LogP contribution in [0.5, 0.6) is 0 Å². The van der Waals surface area contributed by atoms with E-state index >= 15 is 0 Å². The van der Waals surface area contributed by atoms with Gasteiger partial charge in [-0.1, -0.05) is 29.8 Å². The van der Waals surface area contributed by atoms with Crippen molar-refractivity contribution in [3.8, 4) is 0 Å². The topological polar surface area (TPSA) is 83.5 Å². The van der Waals surface area contributed by atoms with Crippen molar-refractivity contribution < 1.29 is 18.3 Å². The number of sulfonamides is 1. The van der Waals surface area contributed by atoms with E-state index in [1.165, 1.54) is 12.1 Å². The van der Waals surface area contributed by atoms with Gasteiger partial charge >= 0.3 is 5.97 Å². The van der Waals surface area contributed by atoms with Crippen molar-refractivity contribution in [1.82, 2.24) is 0 Å². The van der Waals surface area contributed by atoms with Crippen LogP contribution in [-0.4, -0.2) is 19.5 Å². The first kappa shape index (κ1) is 17.3. The zero-order chi connectivity index (χ0) is 17.0. The minimum absolute atomic E-state index is 0.00616. The molecular weight excluding hydrogens is 338 g/mol. The second-order valence-electron chi connectivity index (χ2n) is 5.11. The Labute approximate surface area is 140 Å². The highest BCUT2D eigenvalue weighted by molar-refractivity contribution is 7.92. The number of carboxylic acid groups (broad SMARTS) is 1. The van der Waals surface area contributed by atoms with E-state index in [-0.39, 0.29) is 11.3 Å². The molecule has 7 heteroatoms. The van der Waals surface area contributed by atoms with Gasteiger partial charge in [0.1, 0.15) is 0 Å². The van der Waals surface area contributed by atoms with Crippen molar-refractivity contribution >= 4 is 33.3 Å². The van der Waals surface area contributed by atoms with Crippen LogP contribution in [0, 0.1) is 6.92 Å². The van der Waals surface area contributed by atoms with Gasteiger partial charge in [0.05, 0.1) is 10.6 Å². The molecule has 23 heavy (non-hydrogen) atoms. The standard InChI is InChI=1S/C16H16ClNO4S/c1-11-2-6-13(10-15(11)17)18-23(21,22)14-7-3-12(4-8-14)5-9-16(19)20/h2-4,6-8,10,18H,5,9H2,1H3,(H,19,20). The van der Waals surface area contributed by atoms with Gasteiger partial charge in [0.15, 0.2) is 0 Å². The van der Waals surface area contributed by atoms with Gasteiger partial charge in [0.25, 0.3) is 10.0 Å². The summed E-state index contributed by atoms with van der Waals surface area (Å²) in [5.41, 5.74) is 2.01. The fraction of sp³-hybridized carbons (Fsp3) is 0.188. The van der Waals surface area contributed by atoms with Crippen molar-refractivity contribution in [3.05, 3.63) is 58.6 Å². The number of hydrogen-bond acceptors (Lipinski definition) is 3. The molecule has 0 fully saturated rings. The Morgan fingerprint density at radius 3 is 2.39 bits per heavy atom. The molecule has 0 radical (unpaired) electrons. The van der Waals surface area contributed by atoms with E-state index in [0.717, 1.165) is 11.1 Å². The van der Waals surface area contributed by atoms with Crippen LogP contribution in [0.3, 0.4) is 0 Å². The second-order valence-corrected chi connectivity index (χ2v) is 7.20. The summed E-state index contributed by atoms with van der Waals surface area (Å²) < 4.78 is 27.1. The van der Waals surface area contributed by atoms with Crippen LogP contribution in [0.1, 0.15) is 17.5 Å². The Morgan fingerprint density at radius 1 is 1.17 bits per heavy atom. The van der Waals surface area contributed by atoms with Gasteiger partial charge in [0.2, 0.25) is 0 Å². The summed E-state index contributed by atoms with van der Waals surface area (Å²) in [6, 6.07) is 11.1. The van der Waals surface area contributed by atoms with Gasteiger partial charge in [-0.3, -0.25) is 9.52 Å². The lowest BCUT2D eigenvalue weighted by Crippen LogP contribution is -2.13. The monoisotopic (exact) mass is 353 g/mol. The molecule has 0 aromatic heterocycles. The average molecular weight is 354 g/mol. The molecule has 0 bridgehead atoms. The SMILES string of the molecule is Cc1ccc(NS(=O)(=O)c2ccc(CCC(=O)O)cc2)cc1Cl. The molecule has 122 valence electrons. The number of carboxylic acids is 1. The van der Waals surface area contributed by atoms with Crippen LogP contribution in [0.25, 0.3) is 0 Å². The summed E-state index contributed by atoms with van der Waals surface area (Å²) >= 11 is 5.99.